The molecule has 1 aromatic heterocycles. The summed E-state index contributed by atoms with van der Waals surface area (Å²) in [7, 11) is 0. The molecule has 0 unspecified atom stereocenters. The molecule has 0 radical (unpaired) electrons. The van der Waals surface area contributed by atoms with Gasteiger partial charge in [-0.2, -0.15) is 0 Å². The molecule has 0 aliphatic heterocycles. The largest absolute Gasteiger partial charge is 0.320 e. The fourth-order valence-corrected chi connectivity index (χ4v) is 2.47. The van der Waals surface area contributed by atoms with E-state index in [2.05, 4.69) is 0 Å². The van der Waals surface area contributed by atoms with Crippen LogP contribution in [0.4, 0.5) is 4.39 Å². The molecule has 1 heterocycles. The minimum Gasteiger partial charge on any atom is -0.305 e. The first kappa shape index (κ1) is 15.0. The van der Waals surface area contributed by atoms with Crippen LogP contribution >= 0.6 is 0 Å². The Hall–Kier alpha value is -2.95. The third-order valence-electron chi connectivity index (χ3n) is 3.58. The van der Waals surface area contributed by atoms with E-state index in [0.29, 0.717) is 12.2 Å². The van der Waals surface area contributed by atoms with Gasteiger partial charge in [0, 0.05) is 12.4 Å². The average molecular weight is 310 g/mol. The van der Waals surface area contributed by atoms with E-state index in [4.69, 9.17) is 0 Å². The average Bonchev–Trinajstić information content (AvgIpc) is 2.52. The number of rotatable bonds is 3. The molecule has 23 heavy (non-hydrogen) atoms. The molecular formula is C18H15FN2O2. The Morgan fingerprint density at radius 1 is 0.957 bits per heavy atom. The number of halogens is 1. The van der Waals surface area contributed by atoms with Crippen molar-refractivity contribution in [2.45, 2.75) is 13.5 Å². The molecule has 0 spiro atoms. The van der Waals surface area contributed by atoms with Crippen molar-refractivity contribution >= 4 is 0 Å². The first-order chi connectivity index (χ1) is 11.0. The summed E-state index contributed by atoms with van der Waals surface area (Å²) in [6.45, 7) is 2.29. The molecule has 0 aliphatic rings. The Balaban J connectivity index is 2.01. The second-order valence-electron chi connectivity index (χ2n) is 5.38. The first-order valence-corrected chi connectivity index (χ1v) is 7.18. The highest BCUT2D eigenvalue weighted by Gasteiger charge is 2.08. The normalized spacial score (nSPS) is 10.7. The van der Waals surface area contributed by atoms with Gasteiger partial charge in [0.25, 0.3) is 0 Å². The van der Waals surface area contributed by atoms with E-state index in [1.807, 2.05) is 31.2 Å². The lowest BCUT2D eigenvalue weighted by Crippen LogP contribution is -2.40. The van der Waals surface area contributed by atoms with Gasteiger partial charge in [-0.1, -0.05) is 35.9 Å². The van der Waals surface area contributed by atoms with Crippen molar-refractivity contribution < 1.29 is 4.39 Å². The zero-order chi connectivity index (χ0) is 16.4. The van der Waals surface area contributed by atoms with Crippen LogP contribution in [0.3, 0.4) is 0 Å². The van der Waals surface area contributed by atoms with E-state index < -0.39 is 16.9 Å². The van der Waals surface area contributed by atoms with Gasteiger partial charge in [0.15, 0.2) is 0 Å². The van der Waals surface area contributed by atoms with Gasteiger partial charge < -0.3 is 4.57 Å². The Kier molecular flexibility index (Phi) is 3.93. The van der Waals surface area contributed by atoms with E-state index in [1.165, 1.54) is 35.2 Å². The minimum absolute atomic E-state index is 0.319. The van der Waals surface area contributed by atoms with Crippen LogP contribution in [0, 0.1) is 12.7 Å². The highest BCUT2D eigenvalue weighted by molar-refractivity contribution is 5.32. The summed E-state index contributed by atoms with van der Waals surface area (Å²) in [4.78, 5) is 24.5. The van der Waals surface area contributed by atoms with Gasteiger partial charge in [0.05, 0.1) is 12.2 Å². The van der Waals surface area contributed by atoms with Crippen molar-refractivity contribution in [3.63, 3.8) is 0 Å². The van der Waals surface area contributed by atoms with Crippen molar-refractivity contribution in [3.05, 3.63) is 98.6 Å². The van der Waals surface area contributed by atoms with Crippen LogP contribution in [0.1, 0.15) is 11.1 Å². The van der Waals surface area contributed by atoms with E-state index in [9.17, 15) is 14.0 Å². The maximum Gasteiger partial charge on any atom is 0.320 e. The Labute approximate surface area is 132 Å². The molecule has 0 aliphatic carbocycles. The number of nitrogens with zero attached hydrogens (tertiary/aromatic N) is 2. The maximum atomic E-state index is 13.3. The van der Waals surface area contributed by atoms with E-state index in [0.717, 1.165) is 15.7 Å². The zero-order valence-electron chi connectivity index (χ0n) is 12.6. The van der Waals surface area contributed by atoms with E-state index in [1.54, 1.807) is 6.07 Å². The molecular weight excluding hydrogens is 295 g/mol. The standard InChI is InChI=1S/C18H15FN2O2/c1-13-4-2-5-14(10-13)12-20-8-9-21(18(23)17(20)22)16-7-3-6-15(19)11-16/h2-11H,12H2,1H3. The number of hydrogen-bond donors (Lipinski definition) is 0. The summed E-state index contributed by atoms with van der Waals surface area (Å²) < 4.78 is 15.8. The highest BCUT2D eigenvalue weighted by atomic mass is 19.1. The molecule has 0 N–H and O–H groups in total. The van der Waals surface area contributed by atoms with Gasteiger partial charge in [-0.15, -0.1) is 0 Å². The van der Waals surface area contributed by atoms with Gasteiger partial charge in [-0.25, -0.2) is 4.39 Å². The summed E-state index contributed by atoms with van der Waals surface area (Å²) in [5.41, 5.74) is 1.01. The van der Waals surface area contributed by atoms with Crippen molar-refractivity contribution in [1.82, 2.24) is 9.13 Å². The smallest absolute Gasteiger partial charge is 0.305 e. The lowest BCUT2D eigenvalue weighted by atomic mass is 10.1. The van der Waals surface area contributed by atoms with Crippen molar-refractivity contribution in [2.24, 2.45) is 0 Å². The van der Waals surface area contributed by atoms with E-state index >= 15 is 0 Å². The minimum atomic E-state index is -0.703. The molecule has 3 rings (SSSR count). The third-order valence-corrected chi connectivity index (χ3v) is 3.58. The Bertz CT molecular complexity index is 973. The summed E-state index contributed by atoms with van der Waals surface area (Å²) in [6.07, 6.45) is 3.02. The molecule has 5 heteroatoms. The molecule has 3 aromatic rings. The van der Waals surface area contributed by atoms with Gasteiger partial charge in [0.2, 0.25) is 0 Å². The lowest BCUT2D eigenvalue weighted by Gasteiger charge is -2.09. The van der Waals surface area contributed by atoms with Crippen molar-refractivity contribution in [3.8, 4) is 5.69 Å². The molecule has 0 fully saturated rings. The quantitative estimate of drug-likeness (QED) is 0.698. The second kappa shape index (κ2) is 6.04. The van der Waals surface area contributed by atoms with Crippen LogP contribution in [0.5, 0.6) is 0 Å². The number of benzene rings is 2. The molecule has 4 nitrogen and oxygen atoms in total. The SMILES string of the molecule is Cc1cccc(Cn2ccn(-c3cccc(F)c3)c(=O)c2=O)c1. The monoisotopic (exact) mass is 310 g/mol. The van der Waals surface area contributed by atoms with Gasteiger partial charge in [-0.3, -0.25) is 14.2 Å². The number of aryl methyl sites for hydroxylation is 1. The third kappa shape index (κ3) is 3.13. The lowest BCUT2D eigenvalue weighted by molar-refractivity contribution is 0.625. The molecule has 0 bridgehead atoms. The zero-order valence-corrected chi connectivity index (χ0v) is 12.6. The summed E-state index contributed by atoms with van der Waals surface area (Å²) in [6, 6.07) is 13.3. The number of aromatic nitrogens is 2. The second-order valence-corrected chi connectivity index (χ2v) is 5.38. The highest BCUT2D eigenvalue weighted by Crippen LogP contribution is 2.07. The predicted molar refractivity (Wildman–Crippen MR) is 86.5 cm³/mol. The van der Waals surface area contributed by atoms with Crippen LogP contribution in [-0.4, -0.2) is 9.13 Å². The molecule has 0 saturated carbocycles. The maximum absolute atomic E-state index is 13.3. The van der Waals surface area contributed by atoms with E-state index in [-0.39, 0.29) is 0 Å². The summed E-state index contributed by atoms with van der Waals surface area (Å²) in [5.74, 6) is -0.460. The van der Waals surface area contributed by atoms with Crippen LogP contribution in [0.25, 0.3) is 5.69 Å². The molecule has 0 saturated heterocycles. The van der Waals surface area contributed by atoms with Crippen LogP contribution in [-0.2, 0) is 6.54 Å². The fourth-order valence-electron chi connectivity index (χ4n) is 2.47. The fraction of sp³-hybridized carbons (Fsp3) is 0.111. The Morgan fingerprint density at radius 3 is 2.48 bits per heavy atom. The molecule has 0 atom stereocenters. The van der Waals surface area contributed by atoms with Crippen LogP contribution in [0.15, 0.2) is 70.5 Å². The van der Waals surface area contributed by atoms with Crippen LogP contribution < -0.4 is 11.1 Å². The van der Waals surface area contributed by atoms with Gasteiger partial charge >= 0.3 is 11.1 Å². The first-order valence-electron chi connectivity index (χ1n) is 7.18. The molecule has 116 valence electrons. The predicted octanol–water partition coefficient (Wildman–Crippen LogP) is 2.50. The van der Waals surface area contributed by atoms with Crippen molar-refractivity contribution in [1.29, 1.82) is 0 Å². The van der Waals surface area contributed by atoms with Gasteiger partial charge in [0.1, 0.15) is 5.82 Å². The summed E-state index contributed by atoms with van der Waals surface area (Å²) >= 11 is 0. The molecule has 2 aromatic carbocycles. The Morgan fingerprint density at radius 2 is 1.74 bits per heavy atom. The molecule has 0 amide bonds. The summed E-state index contributed by atoms with van der Waals surface area (Å²) in [5, 5.41) is 0. The number of hydrogen-bond acceptors (Lipinski definition) is 2. The van der Waals surface area contributed by atoms with Crippen molar-refractivity contribution in [2.75, 3.05) is 0 Å². The topological polar surface area (TPSA) is 44.0 Å². The van der Waals surface area contributed by atoms with Crippen LogP contribution in [0.2, 0.25) is 0 Å². The van der Waals surface area contributed by atoms with Gasteiger partial charge in [-0.05, 0) is 30.7 Å².